The molecule has 0 fully saturated rings. The van der Waals surface area contributed by atoms with Crippen LogP contribution in [0, 0.1) is 0 Å². The van der Waals surface area contributed by atoms with Crippen molar-refractivity contribution in [2.24, 2.45) is 0 Å². The number of nitrogens with zero attached hydrogens (tertiary/aromatic N) is 2. The first kappa shape index (κ1) is 11.1. The van der Waals surface area contributed by atoms with Gasteiger partial charge in [-0.2, -0.15) is 0 Å². The maximum absolute atomic E-state index is 4.35. The van der Waals surface area contributed by atoms with Gasteiger partial charge < -0.3 is 4.90 Å². The van der Waals surface area contributed by atoms with Gasteiger partial charge in [-0.15, -0.1) is 0 Å². The van der Waals surface area contributed by atoms with Gasteiger partial charge in [0.1, 0.15) is 5.82 Å². The van der Waals surface area contributed by atoms with Crippen LogP contribution in [0.15, 0.2) is 53.1 Å². The third-order valence-corrected chi connectivity index (χ3v) is 2.98. The van der Waals surface area contributed by atoms with E-state index >= 15 is 0 Å². The minimum atomic E-state index is 0.858. The van der Waals surface area contributed by atoms with Crippen LogP contribution in [0.1, 0.15) is 5.56 Å². The van der Waals surface area contributed by atoms with E-state index in [9.17, 15) is 0 Å². The average Bonchev–Trinajstić information content (AvgIpc) is 2.31. The Kier molecular flexibility index (Phi) is 3.57. The van der Waals surface area contributed by atoms with E-state index in [2.05, 4.69) is 50.1 Å². The maximum atomic E-state index is 4.35. The lowest BCUT2D eigenvalue weighted by Crippen LogP contribution is -2.17. The molecule has 1 heterocycles. The molecule has 1 aromatic heterocycles. The van der Waals surface area contributed by atoms with Crippen molar-refractivity contribution in [2.45, 2.75) is 6.54 Å². The highest BCUT2D eigenvalue weighted by Crippen LogP contribution is 2.22. The fourth-order valence-corrected chi connectivity index (χ4v) is 2.15. The number of halogens is 1. The Labute approximate surface area is 104 Å². The van der Waals surface area contributed by atoms with Gasteiger partial charge in [0.15, 0.2) is 0 Å². The molecule has 0 aliphatic carbocycles. The summed E-state index contributed by atoms with van der Waals surface area (Å²) >= 11 is 3.51. The van der Waals surface area contributed by atoms with Crippen LogP contribution in [-0.2, 0) is 6.54 Å². The van der Waals surface area contributed by atoms with Crippen LogP contribution in [0.3, 0.4) is 0 Å². The van der Waals surface area contributed by atoms with Gasteiger partial charge in [-0.05, 0) is 33.6 Å². The minimum absolute atomic E-state index is 0.858. The summed E-state index contributed by atoms with van der Waals surface area (Å²) in [5.41, 5.74) is 1.28. The van der Waals surface area contributed by atoms with Crippen molar-refractivity contribution >= 4 is 21.7 Å². The van der Waals surface area contributed by atoms with Gasteiger partial charge in [0, 0.05) is 19.8 Å². The fraction of sp³-hybridized carbons (Fsp3) is 0.154. The molecule has 0 aliphatic rings. The van der Waals surface area contributed by atoms with E-state index in [1.807, 2.05) is 31.4 Å². The fourth-order valence-electron chi connectivity index (χ4n) is 1.59. The highest BCUT2D eigenvalue weighted by atomic mass is 79.9. The Morgan fingerprint density at radius 1 is 1.12 bits per heavy atom. The summed E-state index contributed by atoms with van der Waals surface area (Å²) in [5, 5.41) is 0. The van der Waals surface area contributed by atoms with Gasteiger partial charge in [-0.1, -0.05) is 30.3 Å². The van der Waals surface area contributed by atoms with Gasteiger partial charge in [0.25, 0.3) is 0 Å². The molecule has 0 N–H and O–H groups in total. The highest BCUT2D eigenvalue weighted by Gasteiger charge is 2.06. The average molecular weight is 277 g/mol. The van der Waals surface area contributed by atoms with Crippen molar-refractivity contribution in [1.29, 1.82) is 0 Å². The maximum Gasteiger partial charge on any atom is 0.142 e. The zero-order chi connectivity index (χ0) is 11.4. The van der Waals surface area contributed by atoms with E-state index in [-0.39, 0.29) is 0 Å². The number of hydrogen-bond donors (Lipinski definition) is 0. The molecule has 2 nitrogen and oxygen atoms in total. The van der Waals surface area contributed by atoms with Gasteiger partial charge >= 0.3 is 0 Å². The second kappa shape index (κ2) is 5.12. The van der Waals surface area contributed by atoms with Crippen molar-refractivity contribution in [3.63, 3.8) is 0 Å². The minimum Gasteiger partial charge on any atom is -0.354 e. The first-order chi connectivity index (χ1) is 7.77. The van der Waals surface area contributed by atoms with Crippen LogP contribution in [0.4, 0.5) is 5.82 Å². The molecule has 0 unspecified atom stereocenters. The lowest BCUT2D eigenvalue weighted by atomic mass is 10.2. The smallest absolute Gasteiger partial charge is 0.142 e. The quantitative estimate of drug-likeness (QED) is 0.853. The predicted octanol–water partition coefficient (Wildman–Crippen LogP) is 3.48. The third-order valence-electron chi connectivity index (χ3n) is 2.36. The zero-order valence-electron chi connectivity index (χ0n) is 9.10. The molecule has 0 amide bonds. The van der Waals surface area contributed by atoms with E-state index in [4.69, 9.17) is 0 Å². The lowest BCUT2D eigenvalue weighted by molar-refractivity contribution is 0.894. The van der Waals surface area contributed by atoms with Crippen LogP contribution in [0.5, 0.6) is 0 Å². The number of hydrogen-bond acceptors (Lipinski definition) is 2. The summed E-state index contributed by atoms with van der Waals surface area (Å²) in [6.45, 7) is 0.858. The number of benzene rings is 1. The predicted molar refractivity (Wildman–Crippen MR) is 70.5 cm³/mol. The third kappa shape index (κ3) is 2.61. The molecule has 0 saturated carbocycles. The molecule has 2 rings (SSSR count). The van der Waals surface area contributed by atoms with E-state index < -0.39 is 0 Å². The summed E-state index contributed by atoms with van der Waals surface area (Å²) in [4.78, 5) is 6.48. The zero-order valence-corrected chi connectivity index (χ0v) is 10.7. The molecule has 82 valence electrons. The Morgan fingerprint density at radius 2 is 1.88 bits per heavy atom. The van der Waals surface area contributed by atoms with Gasteiger partial charge in [-0.25, -0.2) is 4.98 Å². The molecule has 0 spiro atoms. The standard InChI is InChI=1S/C13H13BrN2/c1-16(10-11-6-3-2-4-7-11)13-12(14)8-5-9-15-13/h2-9H,10H2,1H3. The van der Waals surface area contributed by atoms with Crippen molar-refractivity contribution in [2.75, 3.05) is 11.9 Å². The summed E-state index contributed by atoms with van der Waals surface area (Å²) in [6.07, 6.45) is 1.81. The molecular formula is C13H13BrN2. The van der Waals surface area contributed by atoms with E-state index in [1.165, 1.54) is 5.56 Å². The summed E-state index contributed by atoms with van der Waals surface area (Å²) < 4.78 is 1.02. The molecule has 2 aromatic rings. The van der Waals surface area contributed by atoms with E-state index in [0.29, 0.717) is 0 Å². The second-order valence-electron chi connectivity index (χ2n) is 3.65. The SMILES string of the molecule is CN(Cc1ccccc1)c1ncccc1Br. The van der Waals surface area contributed by atoms with E-state index in [0.717, 1.165) is 16.8 Å². The van der Waals surface area contributed by atoms with Crippen molar-refractivity contribution < 1.29 is 0 Å². The van der Waals surface area contributed by atoms with Crippen LogP contribution in [0.2, 0.25) is 0 Å². The van der Waals surface area contributed by atoms with Crippen molar-refractivity contribution in [3.8, 4) is 0 Å². The van der Waals surface area contributed by atoms with Crippen molar-refractivity contribution in [1.82, 2.24) is 4.98 Å². The normalized spacial score (nSPS) is 10.1. The molecule has 1 aromatic carbocycles. The monoisotopic (exact) mass is 276 g/mol. The van der Waals surface area contributed by atoms with Crippen molar-refractivity contribution in [3.05, 3.63) is 58.7 Å². The number of anilines is 1. The van der Waals surface area contributed by atoms with Crippen LogP contribution >= 0.6 is 15.9 Å². The Bertz CT molecular complexity index is 456. The summed E-state index contributed by atoms with van der Waals surface area (Å²) in [5.74, 6) is 0.964. The molecular weight excluding hydrogens is 264 g/mol. The van der Waals surface area contributed by atoms with Gasteiger partial charge in [0.05, 0.1) is 4.47 Å². The van der Waals surface area contributed by atoms with Crippen LogP contribution < -0.4 is 4.90 Å². The van der Waals surface area contributed by atoms with Crippen LogP contribution in [-0.4, -0.2) is 12.0 Å². The number of rotatable bonds is 3. The van der Waals surface area contributed by atoms with Gasteiger partial charge in [0.2, 0.25) is 0 Å². The first-order valence-corrected chi connectivity index (χ1v) is 5.92. The van der Waals surface area contributed by atoms with Crippen LogP contribution in [0.25, 0.3) is 0 Å². The molecule has 3 heteroatoms. The molecule has 16 heavy (non-hydrogen) atoms. The molecule has 0 atom stereocenters. The molecule has 0 radical (unpaired) electrons. The second-order valence-corrected chi connectivity index (χ2v) is 4.50. The molecule has 0 saturated heterocycles. The summed E-state index contributed by atoms with van der Waals surface area (Å²) in [6, 6.07) is 14.3. The number of pyridine rings is 1. The Morgan fingerprint density at radius 3 is 2.56 bits per heavy atom. The topological polar surface area (TPSA) is 16.1 Å². The lowest BCUT2D eigenvalue weighted by Gasteiger charge is -2.19. The highest BCUT2D eigenvalue weighted by molar-refractivity contribution is 9.10. The Hall–Kier alpha value is -1.35. The first-order valence-electron chi connectivity index (χ1n) is 5.13. The summed E-state index contributed by atoms with van der Waals surface area (Å²) in [7, 11) is 2.04. The van der Waals surface area contributed by atoms with Gasteiger partial charge in [-0.3, -0.25) is 0 Å². The Balaban J connectivity index is 2.15. The largest absolute Gasteiger partial charge is 0.354 e. The number of aromatic nitrogens is 1. The molecule has 0 bridgehead atoms. The molecule has 0 aliphatic heterocycles. The van der Waals surface area contributed by atoms with E-state index in [1.54, 1.807) is 0 Å².